The molecule has 0 bridgehead atoms. The fourth-order valence-electron chi connectivity index (χ4n) is 2.36. The summed E-state index contributed by atoms with van der Waals surface area (Å²) in [6, 6.07) is 6.09. The predicted octanol–water partition coefficient (Wildman–Crippen LogP) is 2.64. The highest BCUT2D eigenvalue weighted by molar-refractivity contribution is 9.10. The molecule has 1 aliphatic rings. The molecule has 1 fully saturated rings. The van der Waals surface area contributed by atoms with Crippen molar-refractivity contribution in [3.63, 3.8) is 0 Å². The summed E-state index contributed by atoms with van der Waals surface area (Å²) in [5, 5.41) is 0. The summed E-state index contributed by atoms with van der Waals surface area (Å²) in [5.74, 6) is 0. The van der Waals surface area contributed by atoms with Crippen LogP contribution in [0.1, 0.15) is 19.4 Å². The lowest BCUT2D eigenvalue weighted by molar-refractivity contribution is -0.0704. The first-order chi connectivity index (χ1) is 8.04. The molecule has 1 aromatic rings. The van der Waals surface area contributed by atoms with Gasteiger partial charge in [-0.2, -0.15) is 0 Å². The Morgan fingerprint density at radius 1 is 1.35 bits per heavy atom. The van der Waals surface area contributed by atoms with Crippen molar-refractivity contribution in [1.82, 2.24) is 4.90 Å². The highest BCUT2D eigenvalue weighted by Crippen LogP contribution is 2.21. The molecule has 0 aromatic heterocycles. The van der Waals surface area contributed by atoms with E-state index in [1.165, 1.54) is 5.56 Å². The van der Waals surface area contributed by atoms with E-state index in [0.717, 1.165) is 29.8 Å². The second-order valence-electron chi connectivity index (χ2n) is 4.79. The Balaban J connectivity index is 2.04. The van der Waals surface area contributed by atoms with Crippen LogP contribution in [0.5, 0.6) is 0 Å². The molecule has 0 amide bonds. The van der Waals surface area contributed by atoms with Gasteiger partial charge in [-0.05, 0) is 31.5 Å². The van der Waals surface area contributed by atoms with Crippen molar-refractivity contribution in [2.24, 2.45) is 0 Å². The minimum atomic E-state index is 0.301. The largest absolute Gasteiger partial charge is 0.398 e. The Hall–Kier alpha value is -0.580. The van der Waals surface area contributed by atoms with Crippen molar-refractivity contribution in [2.45, 2.75) is 32.6 Å². The third-order valence-electron chi connectivity index (χ3n) is 3.00. The van der Waals surface area contributed by atoms with Gasteiger partial charge in [0, 0.05) is 29.8 Å². The molecular weight excluding hydrogens is 280 g/mol. The zero-order valence-corrected chi connectivity index (χ0v) is 11.9. The Kier molecular flexibility index (Phi) is 4.07. The summed E-state index contributed by atoms with van der Waals surface area (Å²) < 4.78 is 6.75. The number of benzene rings is 1. The maximum atomic E-state index is 6.02. The van der Waals surface area contributed by atoms with Crippen LogP contribution in [-0.4, -0.2) is 30.2 Å². The van der Waals surface area contributed by atoms with E-state index in [4.69, 9.17) is 10.5 Å². The maximum absolute atomic E-state index is 6.02. The first-order valence-electron chi connectivity index (χ1n) is 5.96. The number of morpholine rings is 1. The molecule has 2 rings (SSSR count). The number of nitrogens with two attached hydrogens (primary N) is 1. The van der Waals surface area contributed by atoms with Crippen LogP contribution in [0.4, 0.5) is 5.69 Å². The average Bonchev–Trinajstić information content (AvgIpc) is 2.21. The molecular formula is C13H19BrN2O. The number of nitrogens with zero attached hydrogens (tertiary/aromatic N) is 1. The summed E-state index contributed by atoms with van der Waals surface area (Å²) in [4.78, 5) is 2.40. The SMILES string of the molecule is C[C@@H]1CN(Cc2ccc(Br)cc2N)C[C@H](C)O1. The standard InChI is InChI=1S/C13H19BrN2O/c1-9-6-16(7-10(2)17-9)8-11-3-4-12(14)5-13(11)15/h3-5,9-10H,6-8,15H2,1-2H3/t9-,10+. The topological polar surface area (TPSA) is 38.5 Å². The minimum Gasteiger partial charge on any atom is -0.398 e. The summed E-state index contributed by atoms with van der Waals surface area (Å²) in [5.41, 5.74) is 8.06. The molecule has 1 heterocycles. The molecule has 3 nitrogen and oxygen atoms in total. The molecule has 1 aliphatic heterocycles. The van der Waals surface area contributed by atoms with Crippen LogP contribution in [0.2, 0.25) is 0 Å². The number of halogens is 1. The molecule has 2 atom stereocenters. The summed E-state index contributed by atoms with van der Waals surface area (Å²) in [6.45, 7) is 7.08. The van der Waals surface area contributed by atoms with Gasteiger partial charge in [-0.25, -0.2) is 0 Å². The van der Waals surface area contributed by atoms with Crippen LogP contribution >= 0.6 is 15.9 Å². The van der Waals surface area contributed by atoms with Gasteiger partial charge >= 0.3 is 0 Å². The summed E-state index contributed by atoms with van der Waals surface area (Å²) in [6.07, 6.45) is 0.603. The van der Waals surface area contributed by atoms with Gasteiger partial charge in [-0.15, -0.1) is 0 Å². The molecule has 0 unspecified atom stereocenters. The number of anilines is 1. The molecule has 0 spiro atoms. The third kappa shape index (κ3) is 3.44. The van der Waals surface area contributed by atoms with Gasteiger partial charge in [0.15, 0.2) is 0 Å². The predicted molar refractivity (Wildman–Crippen MR) is 73.8 cm³/mol. The van der Waals surface area contributed by atoms with Crippen LogP contribution in [0.15, 0.2) is 22.7 Å². The van der Waals surface area contributed by atoms with Crippen LogP contribution in [0.3, 0.4) is 0 Å². The summed E-state index contributed by atoms with van der Waals surface area (Å²) in [7, 11) is 0. The maximum Gasteiger partial charge on any atom is 0.0678 e. The Labute approximate surface area is 111 Å². The smallest absolute Gasteiger partial charge is 0.0678 e. The van der Waals surface area contributed by atoms with Gasteiger partial charge in [0.25, 0.3) is 0 Å². The van der Waals surface area contributed by atoms with Gasteiger partial charge < -0.3 is 10.5 Å². The molecule has 0 aliphatic carbocycles. The molecule has 0 radical (unpaired) electrons. The van der Waals surface area contributed by atoms with Crippen molar-refractivity contribution in [1.29, 1.82) is 0 Å². The molecule has 17 heavy (non-hydrogen) atoms. The minimum absolute atomic E-state index is 0.301. The number of nitrogen functional groups attached to an aromatic ring is 1. The highest BCUT2D eigenvalue weighted by Gasteiger charge is 2.22. The van der Waals surface area contributed by atoms with E-state index in [0.29, 0.717) is 12.2 Å². The number of hydrogen-bond donors (Lipinski definition) is 1. The summed E-state index contributed by atoms with van der Waals surface area (Å²) >= 11 is 3.43. The molecule has 1 aromatic carbocycles. The van der Waals surface area contributed by atoms with Gasteiger partial charge in [-0.3, -0.25) is 4.90 Å². The van der Waals surface area contributed by atoms with E-state index in [1.807, 2.05) is 12.1 Å². The van der Waals surface area contributed by atoms with Gasteiger partial charge in [0.05, 0.1) is 12.2 Å². The second-order valence-corrected chi connectivity index (χ2v) is 5.71. The Bertz CT molecular complexity index is 387. The molecule has 2 N–H and O–H groups in total. The van der Waals surface area contributed by atoms with Crippen LogP contribution in [0, 0.1) is 0 Å². The van der Waals surface area contributed by atoms with Crippen LogP contribution in [-0.2, 0) is 11.3 Å². The van der Waals surface area contributed by atoms with E-state index in [9.17, 15) is 0 Å². The quantitative estimate of drug-likeness (QED) is 0.853. The Morgan fingerprint density at radius 2 is 2.00 bits per heavy atom. The van der Waals surface area contributed by atoms with Crippen molar-refractivity contribution >= 4 is 21.6 Å². The Morgan fingerprint density at radius 3 is 2.59 bits per heavy atom. The second kappa shape index (κ2) is 5.38. The van der Waals surface area contributed by atoms with E-state index >= 15 is 0 Å². The lowest BCUT2D eigenvalue weighted by Gasteiger charge is -2.35. The lowest BCUT2D eigenvalue weighted by Crippen LogP contribution is -2.44. The molecule has 94 valence electrons. The average molecular weight is 299 g/mol. The van der Waals surface area contributed by atoms with E-state index < -0.39 is 0 Å². The third-order valence-corrected chi connectivity index (χ3v) is 3.49. The fourth-order valence-corrected chi connectivity index (χ4v) is 2.74. The zero-order valence-electron chi connectivity index (χ0n) is 10.3. The molecule has 1 saturated heterocycles. The lowest BCUT2D eigenvalue weighted by atomic mass is 10.1. The van der Waals surface area contributed by atoms with Crippen LogP contribution in [0.25, 0.3) is 0 Å². The number of hydrogen-bond acceptors (Lipinski definition) is 3. The number of ether oxygens (including phenoxy) is 1. The normalized spacial score (nSPS) is 26.1. The van der Waals surface area contributed by atoms with Crippen LogP contribution < -0.4 is 5.73 Å². The molecule has 0 saturated carbocycles. The van der Waals surface area contributed by atoms with Gasteiger partial charge in [0.1, 0.15) is 0 Å². The zero-order chi connectivity index (χ0) is 12.4. The monoisotopic (exact) mass is 298 g/mol. The van der Waals surface area contributed by atoms with Gasteiger partial charge in [-0.1, -0.05) is 22.0 Å². The van der Waals surface area contributed by atoms with E-state index in [1.54, 1.807) is 0 Å². The van der Waals surface area contributed by atoms with Crippen molar-refractivity contribution < 1.29 is 4.74 Å². The molecule has 4 heteroatoms. The number of rotatable bonds is 2. The first kappa shape index (κ1) is 12.9. The van der Waals surface area contributed by atoms with Crippen molar-refractivity contribution in [3.8, 4) is 0 Å². The first-order valence-corrected chi connectivity index (χ1v) is 6.75. The fraction of sp³-hybridized carbons (Fsp3) is 0.538. The highest BCUT2D eigenvalue weighted by atomic mass is 79.9. The van der Waals surface area contributed by atoms with Crippen molar-refractivity contribution in [3.05, 3.63) is 28.2 Å². The van der Waals surface area contributed by atoms with E-state index in [-0.39, 0.29) is 0 Å². The van der Waals surface area contributed by atoms with E-state index in [2.05, 4.69) is 40.7 Å². The van der Waals surface area contributed by atoms with Crippen molar-refractivity contribution in [2.75, 3.05) is 18.8 Å². The van der Waals surface area contributed by atoms with Gasteiger partial charge in [0.2, 0.25) is 0 Å².